The van der Waals surface area contributed by atoms with Crippen LogP contribution in [0.15, 0.2) is 89.6 Å². The highest BCUT2D eigenvalue weighted by molar-refractivity contribution is 5.95. The van der Waals surface area contributed by atoms with Crippen LogP contribution in [0.3, 0.4) is 0 Å². The van der Waals surface area contributed by atoms with E-state index in [0.717, 1.165) is 33.5 Å². The van der Waals surface area contributed by atoms with Gasteiger partial charge in [0.25, 0.3) is 0 Å². The third-order valence-corrected chi connectivity index (χ3v) is 6.07. The molecule has 6 rings (SSSR count). The molecule has 1 fully saturated rings. The first-order valence-electron chi connectivity index (χ1n) is 12.0. The van der Waals surface area contributed by atoms with Crippen molar-refractivity contribution in [1.29, 1.82) is 0 Å². The van der Waals surface area contributed by atoms with E-state index in [0.29, 0.717) is 42.9 Å². The van der Waals surface area contributed by atoms with Gasteiger partial charge in [-0.1, -0.05) is 30.3 Å². The average molecular weight is 496 g/mol. The maximum Gasteiger partial charge on any atom is 0.217 e. The molecule has 3 aromatic carbocycles. The summed E-state index contributed by atoms with van der Waals surface area (Å²) in [5.41, 5.74) is 3.52. The molecule has 0 bridgehead atoms. The second kappa shape index (κ2) is 10.3. The average Bonchev–Trinajstić information content (AvgIpc) is 3.65. The van der Waals surface area contributed by atoms with Gasteiger partial charge in [-0.05, 0) is 48.0 Å². The first-order valence-corrected chi connectivity index (χ1v) is 12.0. The molecule has 3 heterocycles. The molecule has 37 heavy (non-hydrogen) atoms. The molecular formula is C29H25N3O5. The van der Waals surface area contributed by atoms with E-state index in [1.54, 1.807) is 7.11 Å². The number of nitrogens with zero attached hydrogens (tertiary/aromatic N) is 2. The zero-order valence-corrected chi connectivity index (χ0v) is 20.2. The molecule has 0 atom stereocenters. The lowest BCUT2D eigenvalue weighted by Gasteiger charge is -2.13. The fraction of sp³-hybridized carbons (Fsp3) is 0.172. The van der Waals surface area contributed by atoms with E-state index in [-0.39, 0.29) is 0 Å². The number of fused-ring (bicyclic) bond motifs is 1. The van der Waals surface area contributed by atoms with E-state index >= 15 is 0 Å². The van der Waals surface area contributed by atoms with Gasteiger partial charge in [0.1, 0.15) is 36.0 Å². The number of anilines is 2. The Hall–Kier alpha value is -4.40. The Morgan fingerprint density at radius 3 is 2.51 bits per heavy atom. The lowest BCUT2D eigenvalue weighted by atomic mass is 10.1. The molecule has 0 amide bonds. The number of ether oxygens (including phenoxy) is 4. The normalized spacial score (nSPS) is 13.6. The minimum atomic E-state index is -0.486. The summed E-state index contributed by atoms with van der Waals surface area (Å²) in [5, 5.41) is 4.22. The molecule has 1 N–H and O–H groups in total. The van der Waals surface area contributed by atoms with Gasteiger partial charge in [-0.2, -0.15) is 0 Å². The Balaban J connectivity index is 1.25. The van der Waals surface area contributed by atoms with Crippen molar-refractivity contribution >= 4 is 22.4 Å². The highest BCUT2D eigenvalue weighted by Crippen LogP contribution is 2.38. The van der Waals surface area contributed by atoms with Crippen molar-refractivity contribution in [3.63, 3.8) is 0 Å². The van der Waals surface area contributed by atoms with E-state index in [1.165, 1.54) is 6.33 Å². The summed E-state index contributed by atoms with van der Waals surface area (Å²) in [6, 6.07) is 25.4. The minimum absolute atomic E-state index is 0.486. The van der Waals surface area contributed by atoms with Crippen LogP contribution < -0.4 is 14.8 Å². The van der Waals surface area contributed by atoms with Crippen molar-refractivity contribution in [3.05, 3.63) is 96.5 Å². The monoisotopic (exact) mass is 495 g/mol. The summed E-state index contributed by atoms with van der Waals surface area (Å²) in [5.74, 6) is 3.36. The van der Waals surface area contributed by atoms with E-state index in [2.05, 4.69) is 15.3 Å². The summed E-state index contributed by atoms with van der Waals surface area (Å²) < 4.78 is 28.7. The minimum Gasteiger partial charge on any atom is -0.496 e. The van der Waals surface area contributed by atoms with Crippen LogP contribution in [-0.4, -0.2) is 30.3 Å². The number of hydrogen-bond donors (Lipinski definition) is 1. The fourth-order valence-corrected chi connectivity index (χ4v) is 4.20. The van der Waals surface area contributed by atoms with Gasteiger partial charge in [-0.15, -0.1) is 0 Å². The van der Waals surface area contributed by atoms with Gasteiger partial charge in [0.15, 0.2) is 5.76 Å². The predicted molar refractivity (Wildman–Crippen MR) is 139 cm³/mol. The number of furan rings is 1. The van der Waals surface area contributed by atoms with Gasteiger partial charge in [0, 0.05) is 17.1 Å². The van der Waals surface area contributed by atoms with Gasteiger partial charge in [0.05, 0.1) is 31.4 Å². The van der Waals surface area contributed by atoms with Gasteiger partial charge in [-0.3, -0.25) is 0 Å². The Morgan fingerprint density at radius 1 is 0.919 bits per heavy atom. The standard InChI is InChI=1S/C29H25N3O5/c1-33-27-16-24-22(15-23(27)25-11-12-26(37-25)29-34-13-14-35-29)28(31-18-30-24)32-20-7-9-21(10-8-20)36-17-19-5-3-2-4-6-19/h2-12,15-16,18,29H,13-14,17H2,1H3,(H,30,31,32). The number of benzene rings is 3. The number of hydrogen-bond acceptors (Lipinski definition) is 8. The predicted octanol–water partition coefficient (Wildman–Crippen LogP) is 6.27. The van der Waals surface area contributed by atoms with Crippen LogP contribution in [0.1, 0.15) is 17.6 Å². The SMILES string of the molecule is COc1cc2ncnc(Nc3ccc(OCc4ccccc4)cc3)c2cc1-c1ccc(C2OCCO2)o1. The highest BCUT2D eigenvalue weighted by atomic mass is 16.7. The second-order valence-electron chi connectivity index (χ2n) is 8.49. The molecule has 0 unspecified atom stereocenters. The number of methoxy groups -OCH3 is 1. The topological polar surface area (TPSA) is 87.9 Å². The second-order valence-corrected chi connectivity index (χ2v) is 8.49. The van der Waals surface area contributed by atoms with Crippen molar-refractivity contribution < 1.29 is 23.4 Å². The Kier molecular flexibility index (Phi) is 6.41. The maximum atomic E-state index is 6.07. The third kappa shape index (κ3) is 4.97. The molecule has 5 aromatic rings. The van der Waals surface area contributed by atoms with Gasteiger partial charge in [0.2, 0.25) is 6.29 Å². The molecule has 8 heteroatoms. The molecule has 0 aliphatic carbocycles. The van der Waals surface area contributed by atoms with Crippen LogP contribution in [0.25, 0.3) is 22.2 Å². The van der Waals surface area contributed by atoms with Crippen LogP contribution >= 0.6 is 0 Å². The Bertz CT molecular complexity index is 1500. The van der Waals surface area contributed by atoms with Crippen LogP contribution in [0.2, 0.25) is 0 Å². The van der Waals surface area contributed by atoms with E-state index in [9.17, 15) is 0 Å². The largest absolute Gasteiger partial charge is 0.496 e. The van der Waals surface area contributed by atoms with E-state index < -0.39 is 6.29 Å². The molecule has 0 spiro atoms. The van der Waals surface area contributed by atoms with Crippen LogP contribution in [-0.2, 0) is 16.1 Å². The lowest BCUT2D eigenvalue weighted by Crippen LogP contribution is -1.98. The van der Waals surface area contributed by atoms with E-state index in [1.807, 2.05) is 78.9 Å². The van der Waals surface area contributed by atoms with Gasteiger partial charge < -0.3 is 28.7 Å². The maximum absolute atomic E-state index is 6.07. The molecule has 1 aliphatic rings. The molecule has 0 radical (unpaired) electrons. The third-order valence-electron chi connectivity index (χ3n) is 6.07. The number of aromatic nitrogens is 2. The molecule has 2 aromatic heterocycles. The summed E-state index contributed by atoms with van der Waals surface area (Å²) >= 11 is 0. The number of nitrogens with one attached hydrogen (secondary N) is 1. The Labute approximate surface area is 213 Å². The van der Waals surface area contributed by atoms with Crippen molar-refractivity contribution in [2.75, 3.05) is 25.6 Å². The van der Waals surface area contributed by atoms with E-state index in [4.69, 9.17) is 23.4 Å². The fourth-order valence-electron chi connectivity index (χ4n) is 4.20. The molecule has 0 saturated carbocycles. The Morgan fingerprint density at radius 2 is 1.73 bits per heavy atom. The zero-order chi connectivity index (χ0) is 25.0. The first kappa shape index (κ1) is 23.0. The zero-order valence-electron chi connectivity index (χ0n) is 20.2. The molecule has 1 saturated heterocycles. The highest BCUT2D eigenvalue weighted by Gasteiger charge is 2.23. The molecular weight excluding hydrogens is 470 g/mol. The smallest absolute Gasteiger partial charge is 0.217 e. The van der Waals surface area contributed by atoms with Crippen LogP contribution in [0.5, 0.6) is 11.5 Å². The van der Waals surface area contributed by atoms with Crippen molar-refractivity contribution in [3.8, 4) is 22.8 Å². The van der Waals surface area contributed by atoms with Crippen molar-refractivity contribution in [2.24, 2.45) is 0 Å². The summed E-state index contributed by atoms with van der Waals surface area (Å²) in [6.45, 7) is 1.61. The molecule has 186 valence electrons. The summed E-state index contributed by atoms with van der Waals surface area (Å²) in [4.78, 5) is 8.93. The molecule has 8 nitrogen and oxygen atoms in total. The summed E-state index contributed by atoms with van der Waals surface area (Å²) in [6.07, 6.45) is 1.04. The van der Waals surface area contributed by atoms with Crippen molar-refractivity contribution in [1.82, 2.24) is 9.97 Å². The lowest BCUT2D eigenvalue weighted by molar-refractivity contribution is -0.0585. The van der Waals surface area contributed by atoms with Crippen LogP contribution in [0.4, 0.5) is 11.5 Å². The quantitative estimate of drug-likeness (QED) is 0.270. The van der Waals surface area contributed by atoms with Gasteiger partial charge >= 0.3 is 0 Å². The first-order chi connectivity index (χ1) is 18.3. The van der Waals surface area contributed by atoms with Gasteiger partial charge in [-0.25, -0.2) is 9.97 Å². The molecule has 1 aliphatic heterocycles. The van der Waals surface area contributed by atoms with Crippen LogP contribution in [0, 0.1) is 0 Å². The van der Waals surface area contributed by atoms with Crippen molar-refractivity contribution in [2.45, 2.75) is 12.9 Å². The summed E-state index contributed by atoms with van der Waals surface area (Å²) in [7, 11) is 1.62. The number of rotatable bonds is 8.